The normalized spacial score (nSPS) is 41.5. The number of rotatable bonds is 12. The highest BCUT2D eigenvalue weighted by molar-refractivity contribution is 5.87. The monoisotopic (exact) mass is 752 g/mol. The van der Waals surface area contributed by atoms with E-state index in [1.54, 1.807) is 37.3 Å². The molecule has 0 bridgehead atoms. The zero-order valence-corrected chi connectivity index (χ0v) is 29.2. The van der Waals surface area contributed by atoms with Crippen LogP contribution >= 0.6 is 0 Å². The molecular formula is C35H44O18. The maximum Gasteiger partial charge on any atom is 0.331 e. The molecule has 0 amide bonds. The van der Waals surface area contributed by atoms with Gasteiger partial charge in [0.2, 0.25) is 6.29 Å². The summed E-state index contributed by atoms with van der Waals surface area (Å²) in [6, 6.07) is 6.90. The van der Waals surface area contributed by atoms with Gasteiger partial charge in [0.1, 0.15) is 41.9 Å². The van der Waals surface area contributed by atoms with Crippen molar-refractivity contribution in [1.29, 1.82) is 0 Å². The smallest absolute Gasteiger partial charge is 0.331 e. The van der Waals surface area contributed by atoms with E-state index >= 15 is 0 Å². The molecule has 16 atom stereocenters. The van der Waals surface area contributed by atoms with Crippen LogP contribution in [-0.2, 0) is 57.0 Å². The Morgan fingerprint density at radius 3 is 2.17 bits per heavy atom. The van der Waals surface area contributed by atoms with Gasteiger partial charge in [0.05, 0.1) is 44.7 Å². The fourth-order valence-corrected chi connectivity index (χ4v) is 7.41. The second-order valence-electron chi connectivity index (χ2n) is 13.4. The summed E-state index contributed by atoms with van der Waals surface area (Å²) in [5.74, 6) is -3.13. The Balaban J connectivity index is 1.21. The molecule has 0 radical (unpaired) electrons. The minimum absolute atomic E-state index is 0.516. The first kappa shape index (κ1) is 39.0. The van der Waals surface area contributed by atoms with Crippen LogP contribution in [-0.4, -0.2) is 149 Å². The molecule has 18 heteroatoms. The Bertz CT molecular complexity index is 1530. The Kier molecular flexibility index (Phi) is 11.7. The summed E-state index contributed by atoms with van der Waals surface area (Å²) in [6.07, 6.45) is -11.6. The van der Waals surface area contributed by atoms with E-state index in [-0.39, 0.29) is 0 Å². The number of carbonyl (C=O) groups excluding carboxylic acids is 3. The summed E-state index contributed by atoms with van der Waals surface area (Å²) in [6.45, 7) is 2.64. The average Bonchev–Trinajstić information content (AvgIpc) is 3.81. The first-order valence-electron chi connectivity index (χ1n) is 17.1. The van der Waals surface area contributed by atoms with Gasteiger partial charge in [-0.05, 0) is 36.8 Å². The van der Waals surface area contributed by atoms with Crippen molar-refractivity contribution in [2.24, 2.45) is 11.8 Å². The van der Waals surface area contributed by atoms with Gasteiger partial charge >= 0.3 is 17.9 Å². The highest BCUT2D eigenvalue weighted by atomic mass is 16.8. The number of hydrogen-bond acceptors (Lipinski definition) is 18. The lowest BCUT2D eigenvalue weighted by Crippen LogP contribution is -2.62. The van der Waals surface area contributed by atoms with E-state index in [1.807, 2.05) is 0 Å². The molecule has 0 unspecified atom stereocenters. The van der Waals surface area contributed by atoms with Crippen LogP contribution in [0.1, 0.15) is 26.3 Å². The van der Waals surface area contributed by atoms with Gasteiger partial charge in [0.25, 0.3) is 0 Å². The van der Waals surface area contributed by atoms with Crippen molar-refractivity contribution in [2.75, 3.05) is 20.3 Å². The predicted molar refractivity (Wildman–Crippen MR) is 173 cm³/mol. The molecule has 1 aromatic rings. The van der Waals surface area contributed by atoms with Crippen LogP contribution in [0.4, 0.5) is 0 Å². The molecule has 5 N–H and O–H groups in total. The molecule has 1 aliphatic carbocycles. The molecule has 4 aliphatic heterocycles. The van der Waals surface area contributed by atoms with Gasteiger partial charge in [-0.25, -0.2) is 4.79 Å². The predicted octanol–water partition coefficient (Wildman–Crippen LogP) is -1.32. The molecule has 0 spiro atoms. The number of hydrogen-bond donors (Lipinski definition) is 5. The lowest BCUT2D eigenvalue weighted by atomic mass is 9.85. The van der Waals surface area contributed by atoms with Crippen molar-refractivity contribution in [1.82, 2.24) is 0 Å². The van der Waals surface area contributed by atoms with Gasteiger partial charge in [0.15, 0.2) is 30.9 Å². The summed E-state index contributed by atoms with van der Waals surface area (Å²) in [5, 5.41) is 51.2. The third-order valence-electron chi connectivity index (χ3n) is 10.0. The number of esters is 3. The summed E-state index contributed by atoms with van der Waals surface area (Å²) < 4.78 is 57.8. The highest BCUT2D eigenvalue weighted by Gasteiger charge is 2.77. The molecular weight excluding hydrogens is 708 g/mol. The third kappa shape index (κ3) is 7.79. The number of ether oxygens (including phenoxy) is 10. The molecule has 4 heterocycles. The summed E-state index contributed by atoms with van der Waals surface area (Å²) >= 11 is 0. The van der Waals surface area contributed by atoms with E-state index in [2.05, 4.69) is 0 Å². The summed E-state index contributed by atoms with van der Waals surface area (Å²) in [5.41, 5.74) is -0.600. The first-order chi connectivity index (χ1) is 25.3. The Labute approximate surface area is 303 Å². The molecule has 1 aromatic carbocycles. The van der Waals surface area contributed by atoms with Crippen molar-refractivity contribution in [3.63, 3.8) is 0 Å². The first-order valence-corrected chi connectivity index (χ1v) is 17.1. The number of fused-ring (bicyclic) bond motifs is 3. The van der Waals surface area contributed by atoms with Gasteiger partial charge < -0.3 is 72.9 Å². The fourth-order valence-electron chi connectivity index (χ4n) is 7.41. The van der Waals surface area contributed by atoms with E-state index in [9.17, 15) is 39.9 Å². The second-order valence-corrected chi connectivity index (χ2v) is 13.4. The van der Waals surface area contributed by atoms with Crippen LogP contribution < -0.4 is 4.74 Å². The number of aliphatic hydroxyl groups excluding tert-OH is 5. The van der Waals surface area contributed by atoms with Crippen molar-refractivity contribution in [2.45, 2.75) is 106 Å². The molecule has 53 heavy (non-hydrogen) atoms. The standard InChI is InChI=1S/C35H44O18/c1-15-27(50-22(40)10-7-18-5-8-19(44-4)9-6-18)29(47-16(2)38)30(48-17(3)39)34(46-15)51-28-20-11-12-45-32(23(20)35(14-37)31(28)53-35)52-33-26(43)25(42)24(41)21(13-36)49-33/h5-12,15,20-21,23-34,36-37,41-43H,13-14H2,1-4H3/b10-7-/t15-,20-,21+,23+,24-,25-,26+,27-,28-,29+,30+,31-,32-,33-,34-,35+/m0/s1. The van der Waals surface area contributed by atoms with Gasteiger partial charge in [0, 0.05) is 25.8 Å². The maximum absolute atomic E-state index is 13.0. The van der Waals surface area contributed by atoms with Crippen LogP contribution in [0.3, 0.4) is 0 Å². The molecule has 292 valence electrons. The zero-order chi connectivity index (χ0) is 38.2. The zero-order valence-electron chi connectivity index (χ0n) is 29.2. The number of methoxy groups -OCH3 is 1. The van der Waals surface area contributed by atoms with Crippen molar-refractivity contribution < 1.29 is 87.3 Å². The van der Waals surface area contributed by atoms with Crippen molar-refractivity contribution in [3.8, 4) is 5.75 Å². The number of aliphatic hydroxyl groups is 5. The number of benzene rings is 1. The molecule has 3 saturated heterocycles. The Morgan fingerprint density at radius 1 is 0.830 bits per heavy atom. The van der Waals surface area contributed by atoms with E-state index in [4.69, 9.17) is 47.4 Å². The topological polar surface area (TPSA) is 248 Å². The quantitative estimate of drug-likeness (QED) is 0.0719. The minimum Gasteiger partial charge on any atom is -0.497 e. The number of epoxide rings is 1. The van der Waals surface area contributed by atoms with Crippen LogP contribution in [0.5, 0.6) is 5.75 Å². The fraction of sp³-hybridized carbons (Fsp3) is 0.629. The van der Waals surface area contributed by atoms with Gasteiger partial charge in [-0.1, -0.05) is 12.1 Å². The average molecular weight is 753 g/mol. The highest BCUT2D eigenvalue weighted by Crippen LogP contribution is 2.61. The molecule has 6 rings (SSSR count). The van der Waals surface area contributed by atoms with Gasteiger partial charge in [-0.2, -0.15) is 0 Å². The molecule has 18 nitrogen and oxygen atoms in total. The molecule has 1 saturated carbocycles. The Hall–Kier alpha value is -3.69. The van der Waals surface area contributed by atoms with Crippen LogP contribution in [0.15, 0.2) is 42.7 Å². The SMILES string of the molecule is COc1ccc(/C=C\C(=O)O[C@@H]2[C@@H](OC(C)=O)[C@@H](OC(C)=O)[C@H](O[C@H]3[C@H]4C=CO[C@@H](O[C@@H]5O[C@H](CO)[C@H](O)[C@H](O)[C@H]5O)[C@@H]4[C@@]4(CO)O[C@@H]34)O[C@H]2C)cc1. The van der Waals surface area contributed by atoms with E-state index in [0.717, 1.165) is 13.8 Å². The third-order valence-corrected chi connectivity index (χ3v) is 10.0. The van der Waals surface area contributed by atoms with E-state index < -0.39 is 128 Å². The summed E-state index contributed by atoms with van der Waals surface area (Å²) in [7, 11) is 1.53. The van der Waals surface area contributed by atoms with Crippen LogP contribution in [0.25, 0.3) is 6.08 Å². The molecule has 5 aliphatic rings. The maximum atomic E-state index is 13.0. The molecule has 0 aromatic heterocycles. The van der Waals surface area contributed by atoms with E-state index in [1.165, 1.54) is 25.5 Å². The van der Waals surface area contributed by atoms with Crippen molar-refractivity contribution >= 4 is 24.0 Å². The van der Waals surface area contributed by atoms with E-state index in [0.29, 0.717) is 11.3 Å². The minimum atomic E-state index is -1.73. The second kappa shape index (κ2) is 16.0. The summed E-state index contributed by atoms with van der Waals surface area (Å²) in [4.78, 5) is 37.8. The van der Waals surface area contributed by atoms with Gasteiger partial charge in [-0.3, -0.25) is 9.59 Å². The van der Waals surface area contributed by atoms with Gasteiger partial charge in [-0.15, -0.1) is 0 Å². The van der Waals surface area contributed by atoms with Crippen LogP contribution in [0.2, 0.25) is 0 Å². The lowest BCUT2D eigenvalue weighted by Gasteiger charge is -2.45. The largest absolute Gasteiger partial charge is 0.497 e. The Morgan fingerprint density at radius 2 is 1.53 bits per heavy atom. The molecule has 4 fully saturated rings. The van der Waals surface area contributed by atoms with Crippen LogP contribution in [0, 0.1) is 11.8 Å². The number of carbonyl (C=O) groups is 3. The lowest BCUT2D eigenvalue weighted by molar-refractivity contribution is -0.347. The van der Waals surface area contributed by atoms with Crippen molar-refractivity contribution in [3.05, 3.63) is 48.2 Å².